The Morgan fingerprint density at radius 3 is 2.62 bits per heavy atom. The molecule has 1 saturated carbocycles. The fourth-order valence-electron chi connectivity index (χ4n) is 2.91. The van der Waals surface area contributed by atoms with Crippen LogP contribution in [-0.2, 0) is 0 Å². The van der Waals surface area contributed by atoms with Gasteiger partial charge in [0.15, 0.2) is 0 Å². The molecule has 0 bridgehead atoms. The number of nitrogens with zero attached hydrogens (tertiary/aromatic N) is 2. The first-order chi connectivity index (χ1) is 9.99. The van der Waals surface area contributed by atoms with E-state index in [1.807, 2.05) is 0 Å². The van der Waals surface area contributed by atoms with Gasteiger partial charge in [0.1, 0.15) is 5.69 Å². The standard InChI is InChI=1S/C15H21N3O3/c1-17(10-11-5-3-2-4-6-11)15(19)12-7-8-14(18(20)21)13(16)9-12/h7-9,11H,2-6,10,16H2,1H3. The minimum Gasteiger partial charge on any atom is -0.393 e. The molecule has 1 amide bonds. The number of hydrogen-bond acceptors (Lipinski definition) is 4. The Balaban J connectivity index is 2.04. The van der Waals surface area contributed by atoms with Crippen molar-refractivity contribution in [3.63, 3.8) is 0 Å². The molecule has 1 aliphatic carbocycles. The molecule has 0 atom stereocenters. The quantitative estimate of drug-likeness (QED) is 0.524. The second kappa shape index (κ2) is 6.56. The summed E-state index contributed by atoms with van der Waals surface area (Å²) < 4.78 is 0. The summed E-state index contributed by atoms with van der Waals surface area (Å²) in [4.78, 5) is 24.2. The van der Waals surface area contributed by atoms with Crippen LogP contribution in [0.5, 0.6) is 0 Å². The third-order valence-electron chi connectivity index (χ3n) is 4.07. The number of nitrogens with two attached hydrogens (primary N) is 1. The van der Waals surface area contributed by atoms with Gasteiger partial charge in [-0.2, -0.15) is 0 Å². The van der Waals surface area contributed by atoms with E-state index in [9.17, 15) is 14.9 Å². The maximum absolute atomic E-state index is 12.4. The summed E-state index contributed by atoms with van der Waals surface area (Å²) in [7, 11) is 1.77. The van der Waals surface area contributed by atoms with Gasteiger partial charge in [-0.1, -0.05) is 19.3 Å². The van der Waals surface area contributed by atoms with Crippen LogP contribution in [-0.4, -0.2) is 29.3 Å². The Labute approximate surface area is 124 Å². The zero-order valence-corrected chi connectivity index (χ0v) is 12.2. The van der Waals surface area contributed by atoms with E-state index in [2.05, 4.69) is 0 Å². The number of anilines is 1. The maximum Gasteiger partial charge on any atom is 0.292 e. The number of benzene rings is 1. The number of nitrogen functional groups attached to an aromatic ring is 1. The second-order valence-electron chi connectivity index (χ2n) is 5.72. The molecule has 0 heterocycles. The summed E-state index contributed by atoms with van der Waals surface area (Å²) in [6.07, 6.45) is 6.08. The highest BCUT2D eigenvalue weighted by atomic mass is 16.6. The van der Waals surface area contributed by atoms with E-state index in [4.69, 9.17) is 5.73 Å². The van der Waals surface area contributed by atoms with Gasteiger partial charge in [-0.05, 0) is 30.9 Å². The van der Waals surface area contributed by atoms with Crippen LogP contribution in [0.3, 0.4) is 0 Å². The van der Waals surface area contributed by atoms with E-state index in [-0.39, 0.29) is 17.3 Å². The van der Waals surface area contributed by atoms with Crippen molar-refractivity contribution in [3.05, 3.63) is 33.9 Å². The van der Waals surface area contributed by atoms with E-state index < -0.39 is 4.92 Å². The summed E-state index contributed by atoms with van der Waals surface area (Å²) in [5.41, 5.74) is 5.89. The smallest absolute Gasteiger partial charge is 0.292 e. The van der Waals surface area contributed by atoms with Crippen LogP contribution >= 0.6 is 0 Å². The first-order valence-corrected chi connectivity index (χ1v) is 7.28. The molecule has 21 heavy (non-hydrogen) atoms. The van der Waals surface area contributed by atoms with Crippen molar-refractivity contribution in [2.45, 2.75) is 32.1 Å². The highest BCUT2D eigenvalue weighted by Gasteiger charge is 2.21. The summed E-state index contributed by atoms with van der Waals surface area (Å²) >= 11 is 0. The first kappa shape index (κ1) is 15.3. The van der Waals surface area contributed by atoms with Gasteiger partial charge in [0.05, 0.1) is 4.92 Å². The van der Waals surface area contributed by atoms with E-state index in [1.54, 1.807) is 11.9 Å². The normalized spacial score (nSPS) is 15.7. The summed E-state index contributed by atoms with van der Waals surface area (Å²) in [6, 6.07) is 4.14. The molecular weight excluding hydrogens is 270 g/mol. The second-order valence-corrected chi connectivity index (χ2v) is 5.72. The molecule has 1 fully saturated rings. The minimum absolute atomic E-state index is 0.0249. The molecular formula is C15H21N3O3. The molecule has 114 valence electrons. The number of amides is 1. The Bertz CT molecular complexity index is 539. The third kappa shape index (κ3) is 3.71. The van der Waals surface area contributed by atoms with Crippen molar-refractivity contribution in [1.29, 1.82) is 0 Å². The van der Waals surface area contributed by atoms with E-state index in [1.165, 1.54) is 50.3 Å². The Hall–Kier alpha value is -2.11. The molecule has 2 rings (SSSR count). The molecule has 0 spiro atoms. The van der Waals surface area contributed by atoms with Gasteiger partial charge in [0.2, 0.25) is 0 Å². The topological polar surface area (TPSA) is 89.5 Å². The maximum atomic E-state index is 12.4. The van der Waals surface area contributed by atoms with Crippen LogP contribution in [0.25, 0.3) is 0 Å². The van der Waals surface area contributed by atoms with Crippen LogP contribution < -0.4 is 5.73 Å². The van der Waals surface area contributed by atoms with Crippen LogP contribution in [0.2, 0.25) is 0 Å². The molecule has 0 unspecified atom stereocenters. The highest BCUT2D eigenvalue weighted by molar-refractivity contribution is 5.95. The number of hydrogen-bond donors (Lipinski definition) is 1. The SMILES string of the molecule is CN(CC1CCCCC1)C(=O)c1ccc([N+](=O)[O-])c(N)c1. The summed E-state index contributed by atoms with van der Waals surface area (Å²) in [5.74, 6) is 0.422. The zero-order chi connectivity index (χ0) is 15.4. The van der Waals surface area contributed by atoms with Crippen molar-refractivity contribution in [2.75, 3.05) is 19.3 Å². The Morgan fingerprint density at radius 1 is 1.38 bits per heavy atom. The Morgan fingerprint density at radius 2 is 2.05 bits per heavy atom. The van der Waals surface area contributed by atoms with E-state index >= 15 is 0 Å². The van der Waals surface area contributed by atoms with Crippen LogP contribution in [0.15, 0.2) is 18.2 Å². The molecule has 6 nitrogen and oxygen atoms in total. The van der Waals surface area contributed by atoms with Gasteiger partial charge in [-0.3, -0.25) is 14.9 Å². The van der Waals surface area contributed by atoms with Crippen molar-refractivity contribution in [3.8, 4) is 0 Å². The molecule has 0 aromatic heterocycles. The lowest BCUT2D eigenvalue weighted by Gasteiger charge is -2.27. The van der Waals surface area contributed by atoms with Crippen LogP contribution in [0.4, 0.5) is 11.4 Å². The molecule has 2 N–H and O–H groups in total. The number of nitro benzene ring substituents is 1. The molecule has 1 aromatic carbocycles. The number of carbonyl (C=O) groups excluding carboxylic acids is 1. The minimum atomic E-state index is -0.546. The Kier molecular flexibility index (Phi) is 4.77. The van der Waals surface area contributed by atoms with E-state index in [0.29, 0.717) is 11.5 Å². The van der Waals surface area contributed by atoms with Crippen molar-refractivity contribution in [2.24, 2.45) is 5.92 Å². The first-order valence-electron chi connectivity index (χ1n) is 7.28. The number of nitro groups is 1. The molecule has 0 saturated heterocycles. The van der Waals surface area contributed by atoms with Gasteiger partial charge >= 0.3 is 0 Å². The predicted octanol–water partition coefficient (Wildman–Crippen LogP) is 2.83. The monoisotopic (exact) mass is 291 g/mol. The van der Waals surface area contributed by atoms with Crippen LogP contribution in [0.1, 0.15) is 42.5 Å². The van der Waals surface area contributed by atoms with Crippen molar-refractivity contribution >= 4 is 17.3 Å². The number of rotatable bonds is 4. The van der Waals surface area contributed by atoms with Gasteiger partial charge < -0.3 is 10.6 Å². The van der Waals surface area contributed by atoms with Gasteiger partial charge in [-0.15, -0.1) is 0 Å². The lowest BCUT2D eigenvalue weighted by molar-refractivity contribution is -0.383. The van der Waals surface area contributed by atoms with Gasteiger partial charge in [-0.25, -0.2) is 0 Å². The van der Waals surface area contributed by atoms with Gasteiger partial charge in [0.25, 0.3) is 11.6 Å². The highest BCUT2D eigenvalue weighted by Crippen LogP contribution is 2.26. The van der Waals surface area contributed by atoms with Gasteiger partial charge in [0, 0.05) is 25.2 Å². The predicted molar refractivity (Wildman–Crippen MR) is 81.0 cm³/mol. The average molecular weight is 291 g/mol. The van der Waals surface area contributed by atoms with Crippen molar-refractivity contribution in [1.82, 2.24) is 4.90 Å². The summed E-state index contributed by atoms with van der Waals surface area (Å²) in [6.45, 7) is 0.732. The fraction of sp³-hybridized carbons (Fsp3) is 0.533. The summed E-state index contributed by atoms with van der Waals surface area (Å²) in [5, 5.41) is 10.7. The molecule has 1 aliphatic rings. The van der Waals surface area contributed by atoms with Crippen molar-refractivity contribution < 1.29 is 9.72 Å². The third-order valence-corrected chi connectivity index (χ3v) is 4.07. The van der Waals surface area contributed by atoms with E-state index in [0.717, 1.165) is 6.54 Å². The average Bonchev–Trinajstić information content (AvgIpc) is 2.47. The zero-order valence-electron chi connectivity index (χ0n) is 12.2. The molecule has 0 aliphatic heterocycles. The van der Waals surface area contributed by atoms with Crippen LogP contribution in [0, 0.1) is 16.0 Å². The lowest BCUT2D eigenvalue weighted by Crippen LogP contribution is -2.32. The largest absolute Gasteiger partial charge is 0.393 e. The molecule has 6 heteroatoms. The lowest BCUT2D eigenvalue weighted by atomic mass is 9.89. The fourth-order valence-corrected chi connectivity index (χ4v) is 2.91. The number of carbonyl (C=O) groups is 1. The molecule has 1 aromatic rings. The molecule has 0 radical (unpaired) electrons.